The van der Waals surface area contributed by atoms with Crippen LogP contribution in [0.3, 0.4) is 0 Å². The van der Waals surface area contributed by atoms with Gasteiger partial charge in [0.05, 0.1) is 14.2 Å². The van der Waals surface area contributed by atoms with Crippen molar-refractivity contribution in [3.05, 3.63) is 41.5 Å². The fraction of sp³-hybridized carbons (Fsp3) is 0.654. The molecule has 0 aromatic heterocycles. The number of benzene rings is 1. The minimum atomic E-state index is -0.311. The summed E-state index contributed by atoms with van der Waals surface area (Å²) in [7, 11) is 3.01. The number of rotatable bonds is 17. The van der Waals surface area contributed by atoms with Crippen molar-refractivity contribution in [3.63, 3.8) is 0 Å². The Morgan fingerprint density at radius 3 is 2.00 bits per heavy atom. The van der Waals surface area contributed by atoms with Crippen molar-refractivity contribution >= 4 is 5.97 Å². The van der Waals surface area contributed by atoms with E-state index in [1.54, 1.807) is 7.11 Å². The lowest BCUT2D eigenvalue weighted by molar-refractivity contribution is 0.0595. The van der Waals surface area contributed by atoms with Gasteiger partial charge in [0.15, 0.2) is 0 Å². The first-order chi connectivity index (χ1) is 14.2. The first kappa shape index (κ1) is 25.3. The molecule has 1 aromatic rings. The Hall–Kier alpha value is -1.77. The molecular weight excluding hydrogens is 360 g/mol. The normalized spacial score (nSPS) is 11.1. The second-order valence-corrected chi connectivity index (χ2v) is 7.82. The summed E-state index contributed by atoms with van der Waals surface area (Å²) < 4.78 is 10.3. The average molecular weight is 403 g/mol. The monoisotopic (exact) mass is 402 g/mol. The first-order valence-corrected chi connectivity index (χ1v) is 11.6. The maximum atomic E-state index is 12.1. The summed E-state index contributed by atoms with van der Waals surface area (Å²) >= 11 is 0. The molecule has 0 aliphatic rings. The minimum Gasteiger partial charge on any atom is -0.496 e. The summed E-state index contributed by atoms with van der Waals surface area (Å²) in [4.78, 5) is 12.1. The van der Waals surface area contributed by atoms with Crippen molar-refractivity contribution in [1.82, 2.24) is 0 Å². The Balaban J connectivity index is 2.08. The molecule has 29 heavy (non-hydrogen) atoms. The predicted octanol–water partition coefficient (Wildman–Crippen LogP) is 7.67. The molecule has 0 heterocycles. The summed E-state index contributed by atoms with van der Waals surface area (Å²) in [5, 5.41) is 0. The highest BCUT2D eigenvalue weighted by Crippen LogP contribution is 2.25. The van der Waals surface area contributed by atoms with Crippen LogP contribution in [-0.4, -0.2) is 20.2 Å². The average Bonchev–Trinajstić information content (AvgIpc) is 2.75. The molecule has 0 N–H and O–H groups in total. The van der Waals surface area contributed by atoms with Gasteiger partial charge in [0.2, 0.25) is 0 Å². The van der Waals surface area contributed by atoms with Crippen molar-refractivity contribution in [3.8, 4) is 5.75 Å². The zero-order chi connectivity index (χ0) is 21.2. The smallest absolute Gasteiger partial charge is 0.341 e. The van der Waals surface area contributed by atoms with E-state index in [0.29, 0.717) is 11.3 Å². The van der Waals surface area contributed by atoms with Crippen LogP contribution in [-0.2, 0) is 11.2 Å². The first-order valence-electron chi connectivity index (χ1n) is 11.6. The number of allylic oxidation sites excluding steroid dienone is 2. The maximum Gasteiger partial charge on any atom is 0.341 e. The number of methoxy groups -OCH3 is 2. The Kier molecular flexibility index (Phi) is 14.9. The van der Waals surface area contributed by atoms with E-state index in [1.807, 2.05) is 18.2 Å². The van der Waals surface area contributed by atoms with E-state index in [4.69, 9.17) is 9.47 Å². The van der Waals surface area contributed by atoms with E-state index in [-0.39, 0.29) is 5.97 Å². The Morgan fingerprint density at radius 1 is 0.828 bits per heavy atom. The molecule has 0 bridgehead atoms. The van der Waals surface area contributed by atoms with Crippen molar-refractivity contribution in [2.45, 2.75) is 96.8 Å². The van der Waals surface area contributed by atoms with Crippen LogP contribution in [0.5, 0.6) is 5.75 Å². The molecule has 0 atom stereocenters. The van der Waals surface area contributed by atoms with Gasteiger partial charge in [-0.1, -0.05) is 89.0 Å². The third-order valence-electron chi connectivity index (χ3n) is 5.43. The molecule has 0 fully saturated rings. The van der Waals surface area contributed by atoms with Crippen LogP contribution in [0.2, 0.25) is 0 Å². The quantitative estimate of drug-likeness (QED) is 0.152. The van der Waals surface area contributed by atoms with Gasteiger partial charge in [0, 0.05) is 0 Å². The molecule has 0 amide bonds. The fourth-order valence-electron chi connectivity index (χ4n) is 3.66. The van der Waals surface area contributed by atoms with Crippen LogP contribution in [0.15, 0.2) is 30.4 Å². The van der Waals surface area contributed by atoms with Gasteiger partial charge in [-0.15, -0.1) is 0 Å². The molecule has 3 heteroatoms. The standard InChI is InChI=1S/C26H42O3/c1-4-5-6-7-8-9-10-11-12-13-14-15-16-17-18-20-23-21-19-22-24(28-2)25(23)26(27)29-3/h7-8,19,21-22H,4-6,9-18,20H2,1-3H3. The van der Waals surface area contributed by atoms with E-state index in [9.17, 15) is 4.79 Å². The maximum absolute atomic E-state index is 12.1. The van der Waals surface area contributed by atoms with Gasteiger partial charge in [-0.2, -0.15) is 0 Å². The van der Waals surface area contributed by atoms with Crippen molar-refractivity contribution in [2.24, 2.45) is 0 Å². The summed E-state index contributed by atoms with van der Waals surface area (Å²) in [6.07, 6.45) is 22.4. The van der Waals surface area contributed by atoms with Gasteiger partial charge in [-0.25, -0.2) is 4.79 Å². The number of hydrogen-bond acceptors (Lipinski definition) is 3. The Bertz CT molecular complexity index is 577. The topological polar surface area (TPSA) is 35.5 Å². The van der Waals surface area contributed by atoms with E-state index in [1.165, 1.54) is 84.2 Å². The number of carbonyl (C=O) groups is 1. The zero-order valence-electron chi connectivity index (χ0n) is 19.0. The highest BCUT2D eigenvalue weighted by atomic mass is 16.5. The van der Waals surface area contributed by atoms with Crippen molar-refractivity contribution < 1.29 is 14.3 Å². The molecule has 0 saturated carbocycles. The summed E-state index contributed by atoms with van der Waals surface area (Å²) in [6, 6.07) is 5.77. The Labute approximate surface area is 178 Å². The molecule has 0 spiro atoms. The summed E-state index contributed by atoms with van der Waals surface area (Å²) in [5.41, 5.74) is 1.61. The SMILES string of the molecule is CCCCC=CCCCCCCCCCCCc1cccc(OC)c1C(=O)OC. The van der Waals surface area contributed by atoms with E-state index in [2.05, 4.69) is 19.1 Å². The molecule has 3 nitrogen and oxygen atoms in total. The highest BCUT2D eigenvalue weighted by Gasteiger charge is 2.17. The second kappa shape index (κ2) is 17.1. The van der Waals surface area contributed by atoms with Crippen LogP contribution >= 0.6 is 0 Å². The van der Waals surface area contributed by atoms with Gasteiger partial charge in [-0.05, 0) is 43.7 Å². The molecular formula is C26H42O3. The molecule has 0 radical (unpaired) electrons. The van der Waals surface area contributed by atoms with Crippen molar-refractivity contribution in [1.29, 1.82) is 0 Å². The molecule has 1 aromatic carbocycles. The van der Waals surface area contributed by atoms with E-state index < -0.39 is 0 Å². The van der Waals surface area contributed by atoms with Crippen LogP contribution in [0, 0.1) is 0 Å². The van der Waals surface area contributed by atoms with E-state index >= 15 is 0 Å². The van der Waals surface area contributed by atoms with Gasteiger partial charge in [0.25, 0.3) is 0 Å². The lowest BCUT2D eigenvalue weighted by Gasteiger charge is -2.12. The number of aryl methyl sites for hydroxylation is 1. The molecule has 0 unspecified atom stereocenters. The van der Waals surface area contributed by atoms with Gasteiger partial charge >= 0.3 is 5.97 Å². The van der Waals surface area contributed by atoms with Gasteiger partial charge < -0.3 is 9.47 Å². The third kappa shape index (κ3) is 11.1. The fourth-order valence-corrected chi connectivity index (χ4v) is 3.66. The molecule has 1 rings (SSSR count). The molecule has 164 valence electrons. The lowest BCUT2D eigenvalue weighted by Crippen LogP contribution is -2.08. The van der Waals surface area contributed by atoms with Crippen LogP contribution < -0.4 is 4.74 Å². The summed E-state index contributed by atoms with van der Waals surface area (Å²) in [5.74, 6) is 0.291. The number of unbranched alkanes of at least 4 members (excludes halogenated alkanes) is 11. The highest BCUT2D eigenvalue weighted by molar-refractivity contribution is 5.94. The number of carbonyl (C=O) groups excluding carboxylic acids is 1. The third-order valence-corrected chi connectivity index (χ3v) is 5.43. The van der Waals surface area contributed by atoms with Crippen LogP contribution in [0.4, 0.5) is 0 Å². The number of hydrogen-bond donors (Lipinski definition) is 0. The number of ether oxygens (including phenoxy) is 2. The van der Waals surface area contributed by atoms with Crippen molar-refractivity contribution in [2.75, 3.05) is 14.2 Å². The summed E-state index contributed by atoms with van der Waals surface area (Å²) in [6.45, 7) is 2.25. The molecule has 0 saturated heterocycles. The molecule has 0 aliphatic heterocycles. The van der Waals surface area contributed by atoms with E-state index in [0.717, 1.165) is 18.4 Å². The number of esters is 1. The lowest BCUT2D eigenvalue weighted by atomic mass is 9.99. The van der Waals surface area contributed by atoms with Crippen LogP contribution in [0.1, 0.15) is 106 Å². The van der Waals surface area contributed by atoms with Crippen LogP contribution in [0.25, 0.3) is 0 Å². The van der Waals surface area contributed by atoms with Gasteiger partial charge in [0.1, 0.15) is 11.3 Å². The Morgan fingerprint density at radius 2 is 1.41 bits per heavy atom. The minimum absolute atomic E-state index is 0.311. The zero-order valence-corrected chi connectivity index (χ0v) is 19.0. The second-order valence-electron chi connectivity index (χ2n) is 7.82. The predicted molar refractivity (Wildman–Crippen MR) is 123 cm³/mol. The largest absolute Gasteiger partial charge is 0.496 e. The van der Waals surface area contributed by atoms with Gasteiger partial charge in [-0.3, -0.25) is 0 Å². The molecule has 0 aliphatic carbocycles.